The van der Waals surface area contributed by atoms with E-state index in [-0.39, 0.29) is 44.1 Å². The minimum absolute atomic E-state index is 0.0329. The van der Waals surface area contributed by atoms with Gasteiger partial charge in [-0.3, -0.25) is 28.8 Å². The average Bonchev–Trinajstić information content (AvgIpc) is 3.20. The molecular weight excluding hydrogens is 766 g/mol. The van der Waals surface area contributed by atoms with E-state index in [1.165, 1.54) is 0 Å². The molecule has 0 atom stereocenters. The molecule has 342 valence electrons. The van der Waals surface area contributed by atoms with E-state index < -0.39 is 42.3 Å². The molecule has 0 aliphatic carbocycles. The number of carbonyl (C=O) groups excluding carboxylic acids is 7. The average molecular weight is 844 g/mol. The zero-order chi connectivity index (χ0) is 44.0. The standard InChI is InChI=1S/C44H77NO14/c1-6-9-24-37(46)53-29-18-12-14-21-32-56-41(50)35-44(59-40(49)27-28-45(4)5,43(52)58-34-23-17-16-20-31-55-39(48)26-11-8-3)36-42(51)57-33-22-15-13-19-30-54-38(47)25-10-7-2/h6-36H2,1-5H3. The Morgan fingerprint density at radius 1 is 0.373 bits per heavy atom. The maximum absolute atomic E-state index is 13.8. The van der Waals surface area contributed by atoms with Gasteiger partial charge in [0, 0.05) is 25.8 Å². The number of unbranched alkanes of at least 4 members (excludes halogenated alkanes) is 12. The Morgan fingerprint density at radius 3 is 0.983 bits per heavy atom. The molecule has 0 spiro atoms. The van der Waals surface area contributed by atoms with E-state index in [2.05, 4.69) is 0 Å². The van der Waals surface area contributed by atoms with Crippen LogP contribution in [0.5, 0.6) is 0 Å². The van der Waals surface area contributed by atoms with Crippen molar-refractivity contribution >= 4 is 41.8 Å². The van der Waals surface area contributed by atoms with E-state index in [0.29, 0.717) is 103 Å². The largest absolute Gasteiger partial charge is 0.466 e. The third-order valence-corrected chi connectivity index (χ3v) is 9.17. The Bertz CT molecular complexity index is 1120. The monoisotopic (exact) mass is 844 g/mol. The highest BCUT2D eigenvalue weighted by atomic mass is 16.6. The molecule has 0 bridgehead atoms. The van der Waals surface area contributed by atoms with Gasteiger partial charge in [-0.1, -0.05) is 40.0 Å². The first kappa shape index (κ1) is 55.2. The molecule has 0 unspecified atom stereocenters. The van der Waals surface area contributed by atoms with Gasteiger partial charge in [-0.05, 0) is 110 Å². The molecule has 15 heteroatoms. The predicted molar refractivity (Wildman–Crippen MR) is 221 cm³/mol. The summed E-state index contributed by atoms with van der Waals surface area (Å²) in [5, 5.41) is 0. The lowest BCUT2D eigenvalue weighted by Gasteiger charge is -2.30. The van der Waals surface area contributed by atoms with Crippen LogP contribution >= 0.6 is 0 Å². The number of carbonyl (C=O) groups is 7. The normalized spacial score (nSPS) is 11.2. The van der Waals surface area contributed by atoms with E-state index in [4.69, 9.17) is 33.2 Å². The highest BCUT2D eigenvalue weighted by Gasteiger charge is 2.49. The number of hydrogen-bond acceptors (Lipinski definition) is 15. The number of nitrogens with zero attached hydrogens (tertiary/aromatic N) is 1. The third-order valence-electron chi connectivity index (χ3n) is 9.17. The highest BCUT2D eigenvalue weighted by Crippen LogP contribution is 2.27. The topological polar surface area (TPSA) is 187 Å². The number of ether oxygens (including phenoxy) is 7. The summed E-state index contributed by atoms with van der Waals surface area (Å²) in [5.41, 5.74) is -2.31. The van der Waals surface area contributed by atoms with Crippen molar-refractivity contribution in [3.8, 4) is 0 Å². The molecule has 15 nitrogen and oxygen atoms in total. The minimum Gasteiger partial charge on any atom is -0.466 e. The second-order valence-corrected chi connectivity index (χ2v) is 15.2. The van der Waals surface area contributed by atoms with Crippen LogP contribution in [0.1, 0.15) is 175 Å². The smallest absolute Gasteiger partial charge is 0.351 e. The molecule has 0 N–H and O–H groups in total. The van der Waals surface area contributed by atoms with Crippen molar-refractivity contribution in [2.45, 2.75) is 180 Å². The van der Waals surface area contributed by atoms with E-state index in [1.54, 1.807) is 19.0 Å². The first-order valence-corrected chi connectivity index (χ1v) is 22.2. The zero-order valence-corrected chi connectivity index (χ0v) is 37.1. The van der Waals surface area contributed by atoms with Crippen molar-refractivity contribution in [3.05, 3.63) is 0 Å². The van der Waals surface area contributed by atoms with Gasteiger partial charge in [0.15, 0.2) is 0 Å². The number of esters is 7. The second kappa shape index (κ2) is 37.3. The van der Waals surface area contributed by atoms with Gasteiger partial charge in [-0.15, -0.1) is 0 Å². The summed E-state index contributed by atoms with van der Waals surface area (Å²) in [6.07, 6.45) is 12.5. The van der Waals surface area contributed by atoms with E-state index in [0.717, 1.165) is 57.8 Å². The van der Waals surface area contributed by atoms with Gasteiger partial charge in [0.1, 0.15) is 0 Å². The molecule has 0 amide bonds. The van der Waals surface area contributed by atoms with Crippen LogP contribution in [0.2, 0.25) is 0 Å². The van der Waals surface area contributed by atoms with Crippen LogP contribution in [0.4, 0.5) is 0 Å². The van der Waals surface area contributed by atoms with E-state index in [9.17, 15) is 33.6 Å². The van der Waals surface area contributed by atoms with E-state index >= 15 is 0 Å². The highest BCUT2D eigenvalue weighted by molar-refractivity contribution is 5.92. The Hall–Kier alpha value is -3.75. The van der Waals surface area contributed by atoms with Gasteiger partial charge in [0.25, 0.3) is 0 Å². The van der Waals surface area contributed by atoms with Crippen LogP contribution in [0.15, 0.2) is 0 Å². The lowest BCUT2D eigenvalue weighted by Crippen LogP contribution is -2.49. The second-order valence-electron chi connectivity index (χ2n) is 15.2. The van der Waals surface area contributed by atoms with Crippen LogP contribution in [-0.4, -0.2) is 113 Å². The van der Waals surface area contributed by atoms with Crippen molar-refractivity contribution in [1.82, 2.24) is 4.90 Å². The fraction of sp³-hybridized carbons (Fsp3) is 0.841. The summed E-state index contributed by atoms with van der Waals surface area (Å²) in [7, 11) is 3.53. The summed E-state index contributed by atoms with van der Waals surface area (Å²) in [5.74, 6) is -4.16. The van der Waals surface area contributed by atoms with Gasteiger partial charge in [0.2, 0.25) is 5.60 Å². The maximum atomic E-state index is 13.8. The van der Waals surface area contributed by atoms with Crippen molar-refractivity contribution in [1.29, 1.82) is 0 Å². The van der Waals surface area contributed by atoms with Gasteiger partial charge in [0.05, 0.1) is 58.9 Å². The molecule has 0 aromatic rings. The molecule has 0 aromatic carbocycles. The molecule has 59 heavy (non-hydrogen) atoms. The summed E-state index contributed by atoms with van der Waals surface area (Å²) in [6, 6.07) is 0. The number of rotatable bonds is 39. The van der Waals surface area contributed by atoms with Crippen LogP contribution in [0, 0.1) is 0 Å². The molecule has 0 aliphatic heterocycles. The fourth-order valence-corrected chi connectivity index (χ4v) is 5.55. The molecule has 0 saturated heterocycles. The SMILES string of the molecule is CCCCC(=O)OCCCCCCOC(=O)CC(CC(=O)OCCCCCCOC(=O)CCCC)(OC(=O)CCN(C)C)C(=O)OCCCCCCOC(=O)CCCC. The first-order valence-electron chi connectivity index (χ1n) is 22.2. The van der Waals surface area contributed by atoms with Crippen molar-refractivity contribution in [2.75, 3.05) is 60.3 Å². The van der Waals surface area contributed by atoms with Crippen molar-refractivity contribution in [2.24, 2.45) is 0 Å². The fourth-order valence-electron chi connectivity index (χ4n) is 5.55. The summed E-state index contributed by atoms with van der Waals surface area (Å²) >= 11 is 0. The van der Waals surface area contributed by atoms with Gasteiger partial charge < -0.3 is 38.1 Å². The maximum Gasteiger partial charge on any atom is 0.351 e. The van der Waals surface area contributed by atoms with Gasteiger partial charge in [-0.2, -0.15) is 0 Å². The zero-order valence-electron chi connectivity index (χ0n) is 37.1. The van der Waals surface area contributed by atoms with Crippen molar-refractivity contribution < 1.29 is 66.7 Å². The van der Waals surface area contributed by atoms with Gasteiger partial charge >= 0.3 is 41.8 Å². The molecule has 0 fully saturated rings. The predicted octanol–water partition coefficient (Wildman–Crippen LogP) is 7.51. The summed E-state index contributed by atoms with van der Waals surface area (Å²) in [4.78, 5) is 90.3. The Kier molecular flexibility index (Phi) is 34.9. The molecular formula is C44H77NO14. The molecule has 0 radical (unpaired) electrons. The minimum atomic E-state index is -2.31. The Balaban J connectivity index is 5.44. The quantitative estimate of drug-likeness (QED) is 0.0336. The molecule has 0 aromatic heterocycles. The Morgan fingerprint density at radius 2 is 0.678 bits per heavy atom. The van der Waals surface area contributed by atoms with Crippen LogP contribution in [0.3, 0.4) is 0 Å². The number of hydrogen-bond donors (Lipinski definition) is 0. The van der Waals surface area contributed by atoms with Crippen LogP contribution in [-0.2, 0) is 66.7 Å². The van der Waals surface area contributed by atoms with Crippen LogP contribution in [0.25, 0.3) is 0 Å². The lowest BCUT2D eigenvalue weighted by atomic mass is 9.94. The lowest BCUT2D eigenvalue weighted by molar-refractivity contribution is -0.191. The third kappa shape index (κ3) is 32.7. The Labute approximate surface area is 353 Å². The van der Waals surface area contributed by atoms with E-state index in [1.807, 2.05) is 20.8 Å². The first-order chi connectivity index (χ1) is 28.4. The molecule has 0 rings (SSSR count). The summed E-state index contributed by atoms with van der Waals surface area (Å²) in [6.45, 7) is 7.28. The van der Waals surface area contributed by atoms with Crippen molar-refractivity contribution in [3.63, 3.8) is 0 Å². The molecule has 0 heterocycles. The summed E-state index contributed by atoms with van der Waals surface area (Å²) < 4.78 is 37.8. The molecule has 0 saturated carbocycles. The van der Waals surface area contributed by atoms with Crippen LogP contribution < -0.4 is 0 Å². The van der Waals surface area contributed by atoms with Gasteiger partial charge in [-0.25, -0.2) is 4.79 Å². The molecule has 0 aliphatic rings.